The summed E-state index contributed by atoms with van der Waals surface area (Å²) < 4.78 is 5.06. The lowest BCUT2D eigenvalue weighted by atomic mass is 10.0. The van der Waals surface area contributed by atoms with Crippen molar-refractivity contribution in [2.45, 2.75) is 59.8 Å². The summed E-state index contributed by atoms with van der Waals surface area (Å²) in [7, 11) is 0. The van der Waals surface area contributed by atoms with Crippen LogP contribution in [0.1, 0.15) is 59.8 Å². The van der Waals surface area contributed by atoms with E-state index in [4.69, 9.17) is 4.74 Å². The molecule has 0 N–H and O–H groups in total. The maximum absolute atomic E-state index is 11.2. The van der Waals surface area contributed by atoms with Crippen molar-refractivity contribution in [3.8, 4) is 11.8 Å². The average molecular weight is 250 g/mol. The molecule has 0 saturated heterocycles. The van der Waals surface area contributed by atoms with Crippen molar-refractivity contribution in [3.05, 3.63) is 11.6 Å². The van der Waals surface area contributed by atoms with E-state index in [9.17, 15) is 4.79 Å². The second-order valence-electron chi connectivity index (χ2n) is 4.94. The highest BCUT2D eigenvalue weighted by Gasteiger charge is 2.03. The first-order chi connectivity index (χ1) is 8.56. The average Bonchev–Trinajstić information content (AvgIpc) is 2.29. The molecule has 0 aliphatic heterocycles. The number of ether oxygens (including phenoxy) is 1. The van der Waals surface area contributed by atoms with Crippen LogP contribution in [-0.2, 0) is 9.53 Å². The van der Waals surface area contributed by atoms with Gasteiger partial charge in [-0.1, -0.05) is 31.4 Å². The Morgan fingerprint density at radius 1 is 1.33 bits per heavy atom. The number of allylic oxidation sites excluding steroid dienone is 2. The van der Waals surface area contributed by atoms with Gasteiger partial charge >= 0.3 is 5.97 Å². The SMILES string of the molecule is CCCC#CC(=O)OCCC(C)CCC=C(C)C. The topological polar surface area (TPSA) is 26.3 Å². The third-order valence-corrected chi connectivity index (χ3v) is 2.62. The van der Waals surface area contributed by atoms with E-state index in [0.29, 0.717) is 12.5 Å². The summed E-state index contributed by atoms with van der Waals surface area (Å²) in [5, 5.41) is 0. The molecule has 18 heavy (non-hydrogen) atoms. The zero-order valence-corrected chi connectivity index (χ0v) is 12.2. The fourth-order valence-electron chi connectivity index (χ4n) is 1.45. The first-order valence-corrected chi connectivity index (χ1v) is 6.85. The minimum absolute atomic E-state index is 0.389. The molecule has 1 atom stereocenters. The summed E-state index contributed by atoms with van der Waals surface area (Å²) in [6, 6.07) is 0. The van der Waals surface area contributed by atoms with Gasteiger partial charge in [-0.3, -0.25) is 0 Å². The van der Waals surface area contributed by atoms with Crippen LogP contribution in [0.25, 0.3) is 0 Å². The summed E-state index contributed by atoms with van der Waals surface area (Å²) in [6.07, 6.45) is 7.14. The minimum Gasteiger partial charge on any atom is -0.456 e. The summed E-state index contributed by atoms with van der Waals surface area (Å²) in [5.74, 6) is 5.47. The number of unbranched alkanes of at least 4 members (excludes halogenated alkanes) is 1. The zero-order valence-electron chi connectivity index (χ0n) is 12.2. The van der Waals surface area contributed by atoms with Gasteiger partial charge in [0.05, 0.1) is 6.61 Å². The van der Waals surface area contributed by atoms with Crippen LogP contribution in [-0.4, -0.2) is 12.6 Å². The molecular formula is C16H26O2. The number of hydrogen-bond acceptors (Lipinski definition) is 2. The maximum atomic E-state index is 11.2. The predicted octanol–water partition coefficient (Wildman–Crippen LogP) is 4.11. The monoisotopic (exact) mass is 250 g/mol. The quantitative estimate of drug-likeness (QED) is 0.294. The third kappa shape index (κ3) is 11.3. The molecule has 0 amide bonds. The first kappa shape index (κ1) is 16.8. The van der Waals surface area contributed by atoms with Gasteiger partial charge in [-0.05, 0) is 45.4 Å². The lowest BCUT2D eigenvalue weighted by Crippen LogP contribution is -2.06. The van der Waals surface area contributed by atoms with Crippen molar-refractivity contribution in [3.63, 3.8) is 0 Å². The van der Waals surface area contributed by atoms with Gasteiger partial charge in [-0.15, -0.1) is 0 Å². The molecule has 0 aromatic heterocycles. The minimum atomic E-state index is -0.389. The zero-order chi connectivity index (χ0) is 13.8. The number of rotatable bonds is 7. The van der Waals surface area contributed by atoms with Crippen LogP contribution in [0.3, 0.4) is 0 Å². The molecule has 0 heterocycles. The van der Waals surface area contributed by atoms with Crippen LogP contribution in [0.15, 0.2) is 11.6 Å². The highest BCUT2D eigenvalue weighted by Crippen LogP contribution is 2.11. The first-order valence-electron chi connectivity index (χ1n) is 6.85. The van der Waals surface area contributed by atoms with Crippen molar-refractivity contribution < 1.29 is 9.53 Å². The summed E-state index contributed by atoms with van der Waals surface area (Å²) in [5.41, 5.74) is 1.36. The largest absolute Gasteiger partial charge is 0.456 e. The third-order valence-electron chi connectivity index (χ3n) is 2.62. The van der Waals surface area contributed by atoms with E-state index in [-0.39, 0.29) is 5.97 Å². The van der Waals surface area contributed by atoms with Crippen LogP contribution in [0.5, 0.6) is 0 Å². The van der Waals surface area contributed by atoms with Gasteiger partial charge in [-0.25, -0.2) is 4.79 Å². The number of carbonyl (C=O) groups excluding carboxylic acids is 1. The lowest BCUT2D eigenvalue weighted by molar-refractivity contribution is -0.137. The Bertz CT molecular complexity index is 314. The Morgan fingerprint density at radius 2 is 2.06 bits per heavy atom. The summed E-state index contributed by atoms with van der Waals surface area (Å²) >= 11 is 0. The molecule has 1 unspecified atom stereocenters. The van der Waals surface area contributed by atoms with E-state index in [1.807, 2.05) is 6.92 Å². The van der Waals surface area contributed by atoms with Crippen molar-refractivity contribution in [2.24, 2.45) is 5.92 Å². The standard InChI is InChI=1S/C16H26O2/c1-5-6-7-11-16(17)18-13-12-15(4)10-8-9-14(2)3/h9,15H,5-6,8,10,12-13H2,1-4H3. The number of hydrogen-bond donors (Lipinski definition) is 0. The fraction of sp³-hybridized carbons (Fsp3) is 0.688. The van der Waals surface area contributed by atoms with Gasteiger partial charge in [0.15, 0.2) is 0 Å². The molecule has 0 saturated carbocycles. The molecule has 0 spiro atoms. The van der Waals surface area contributed by atoms with Crippen molar-refractivity contribution in [1.82, 2.24) is 0 Å². The highest BCUT2D eigenvalue weighted by molar-refractivity contribution is 5.88. The normalized spacial score (nSPS) is 11.1. The van der Waals surface area contributed by atoms with Crippen molar-refractivity contribution in [1.29, 1.82) is 0 Å². The van der Waals surface area contributed by atoms with Gasteiger partial charge in [0.2, 0.25) is 0 Å². The fourth-order valence-corrected chi connectivity index (χ4v) is 1.45. The van der Waals surface area contributed by atoms with Gasteiger partial charge in [0.25, 0.3) is 0 Å². The molecule has 2 heteroatoms. The molecule has 0 aromatic carbocycles. The summed E-state index contributed by atoms with van der Waals surface area (Å²) in [4.78, 5) is 11.2. The van der Waals surface area contributed by atoms with Crippen LogP contribution >= 0.6 is 0 Å². The smallest absolute Gasteiger partial charge is 0.384 e. The molecule has 0 bridgehead atoms. The second kappa shape index (κ2) is 10.9. The van der Waals surface area contributed by atoms with E-state index in [1.165, 1.54) is 5.57 Å². The Balaban J connectivity index is 3.62. The van der Waals surface area contributed by atoms with Crippen molar-refractivity contribution in [2.75, 3.05) is 6.61 Å². The molecule has 0 aromatic rings. The lowest BCUT2D eigenvalue weighted by Gasteiger charge is -2.09. The molecular weight excluding hydrogens is 224 g/mol. The number of carbonyl (C=O) groups is 1. The van der Waals surface area contributed by atoms with E-state index >= 15 is 0 Å². The van der Waals surface area contributed by atoms with E-state index < -0.39 is 0 Å². The van der Waals surface area contributed by atoms with Gasteiger partial charge in [0.1, 0.15) is 0 Å². The Labute approximate surface area is 112 Å². The molecule has 0 aliphatic carbocycles. The Hall–Kier alpha value is -1.23. The van der Waals surface area contributed by atoms with Crippen LogP contribution in [0.2, 0.25) is 0 Å². The van der Waals surface area contributed by atoms with Crippen LogP contribution < -0.4 is 0 Å². The van der Waals surface area contributed by atoms with Crippen LogP contribution in [0, 0.1) is 17.8 Å². The molecule has 0 aliphatic rings. The molecule has 0 radical (unpaired) electrons. The Kier molecular flexibility index (Phi) is 10.2. The second-order valence-corrected chi connectivity index (χ2v) is 4.94. The highest BCUT2D eigenvalue weighted by atomic mass is 16.5. The summed E-state index contributed by atoms with van der Waals surface area (Å²) in [6.45, 7) is 8.93. The maximum Gasteiger partial charge on any atom is 0.384 e. The Morgan fingerprint density at radius 3 is 2.67 bits per heavy atom. The van der Waals surface area contributed by atoms with Crippen molar-refractivity contribution >= 4 is 5.97 Å². The molecule has 102 valence electrons. The van der Waals surface area contributed by atoms with Gasteiger partial charge < -0.3 is 4.74 Å². The van der Waals surface area contributed by atoms with Crippen LogP contribution in [0.4, 0.5) is 0 Å². The van der Waals surface area contributed by atoms with E-state index in [0.717, 1.165) is 32.1 Å². The number of esters is 1. The predicted molar refractivity (Wildman–Crippen MR) is 76.1 cm³/mol. The van der Waals surface area contributed by atoms with E-state index in [1.54, 1.807) is 0 Å². The molecule has 0 fully saturated rings. The van der Waals surface area contributed by atoms with Gasteiger partial charge in [-0.2, -0.15) is 0 Å². The van der Waals surface area contributed by atoms with Gasteiger partial charge in [0, 0.05) is 12.3 Å². The van der Waals surface area contributed by atoms with E-state index in [2.05, 4.69) is 38.7 Å². The molecule has 0 rings (SSSR count). The molecule has 2 nitrogen and oxygen atoms in total.